The normalized spacial score (nSPS) is 32.8. The summed E-state index contributed by atoms with van der Waals surface area (Å²) in [5.74, 6) is -1.79. The summed E-state index contributed by atoms with van der Waals surface area (Å²) >= 11 is 0. The Kier molecular flexibility index (Phi) is 7.85. The standard InChI is InChI=1S/C36H45NO7/c1-19-30-32(42)29-25(16-34(30,3)18-35(4)17-27(40)28(20(2)38)33(43)36(19,35)5)26(37(6)7)15-22(31(29)41)14-23(39)13-21-9-11-24(44-8)12-10-21/h9,11-12,15,21,28,32,41-42H,10,13-14,16-18H2,1-8H3/t21?,28?,32?,34-,35+,36+/m0/s1. The fourth-order valence-corrected chi connectivity index (χ4v) is 8.90. The van der Waals surface area contributed by atoms with Crippen molar-refractivity contribution in [1.82, 2.24) is 0 Å². The Hall–Kier alpha value is -3.52. The lowest BCUT2D eigenvalue weighted by Gasteiger charge is -2.60. The number of aliphatic hydroxyl groups is 1. The summed E-state index contributed by atoms with van der Waals surface area (Å²) in [5.41, 5.74) is 1.26. The number of benzene rings is 1. The highest BCUT2D eigenvalue weighted by molar-refractivity contribution is 6.22. The van der Waals surface area contributed by atoms with Crippen LogP contribution in [-0.2, 0) is 36.8 Å². The highest BCUT2D eigenvalue weighted by Gasteiger charge is 2.66. The van der Waals surface area contributed by atoms with Crippen LogP contribution in [-0.4, -0.2) is 54.6 Å². The van der Waals surface area contributed by atoms with Gasteiger partial charge in [0.25, 0.3) is 0 Å². The maximum absolute atomic E-state index is 14.0. The number of anilines is 1. The highest BCUT2D eigenvalue weighted by Crippen LogP contribution is 2.68. The predicted molar refractivity (Wildman–Crippen MR) is 167 cm³/mol. The predicted octanol–water partition coefficient (Wildman–Crippen LogP) is 5.14. The number of hydrogen-bond donors (Lipinski definition) is 2. The van der Waals surface area contributed by atoms with Crippen LogP contribution >= 0.6 is 0 Å². The average molecular weight is 604 g/mol. The molecule has 44 heavy (non-hydrogen) atoms. The Morgan fingerprint density at radius 2 is 1.82 bits per heavy atom. The molecule has 4 aliphatic carbocycles. The average Bonchev–Trinajstić information content (AvgIpc) is 2.92. The Morgan fingerprint density at radius 1 is 1.14 bits per heavy atom. The third-order valence-corrected chi connectivity index (χ3v) is 11.2. The lowest BCUT2D eigenvalue weighted by Crippen LogP contribution is -2.61. The molecule has 1 aromatic carbocycles. The van der Waals surface area contributed by atoms with Gasteiger partial charge in [0.05, 0.1) is 12.5 Å². The van der Waals surface area contributed by atoms with E-state index in [-0.39, 0.29) is 36.1 Å². The van der Waals surface area contributed by atoms with Gasteiger partial charge in [-0.05, 0) is 86.1 Å². The largest absolute Gasteiger partial charge is 0.507 e. The number of allylic oxidation sites excluding steroid dienone is 4. The van der Waals surface area contributed by atoms with Gasteiger partial charge in [-0.3, -0.25) is 19.2 Å². The summed E-state index contributed by atoms with van der Waals surface area (Å²) < 4.78 is 5.25. The molecule has 6 atom stereocenters. The first-order valence-corrected chi connectivity index (χ1v) is 15.5. The van der Waals surface area contributed by atoms with Crippen molar-refractivity contribution >= 4 is 28.8 Å². The number of fused-ring (bicyclic) bond motifs is 3. The number of carbonyl (C=O) groups excluding carboxylic acids is 4. The molecular weight excluding hydrogens is 558 g/mol. The van der Waals surface area contributed by atoms with Crippen molar-refractivity contribution in [3.05, 3.63) is 57.9 Å². The zero-order chi connectivity index (χ0) is 32.5. The van der Waals surface area contributed by atoms with Gasteiger partial charge in [-0.15, -0.1) is 0 Å². The molecule has 1 aromatic rings. The van der Waals surface area contributed by atoms with Crippen LogP contribution in [0.1, 0.15) is 83.1 Å². The van der Waals surface area contributed by atoms with E-state index in [1.165, 1.54) is 6.92 Å². The molecule has 3 unspecified atom stereocenters. The van der Waals surface area contributed by atoms with E-state index in [0.717, 1.165) is 17.0 Å². The van der Waals surface area contributed by atoms with Crippen LogP contribution in [0.2, 0.25) is 0 Å². The molecule has 0 spiro atoms. The van der Waals surface area contributed by atoms with Gasteiger partial charge in [0.15, 0.2) is 11.6 Å². The van der Waals surface area contributed by atoms with E-state index in [1.807, 2.05) is 64.1 Å². The van der Waals surface area contributed by atoms with Crippen LogP contribution < -0.4 is 4.90 Å². The lowest BCUT2D eigenvalue weighted by molar-refractivity contribution is -0.157. The minimum absolute atomic E-state index is 0.0177. The molecule has 0 bridgehead atoms. The molecule has 0 saturated heterocycles. The first kappa shape index (κ1) is 31.9. The van der Waals surface area contributed by atoms with Gasteiger partial charge >= 0.3 is 0 Å². The number of Topliss-reactive ketones (excluding diaryl/α,β-unsaturated/α-hetero) is 4. The molecular formula is C36H45NO7. The SMILES string of the molecule is COC1=CCC(CC(=O)Cc2cc(N(C)C)c3c(c2O)C(O)C2=C(C)[C@]4(C)C(=O)C(C(C)=O)C(=O)C[C@]4(C)C[C@]2(C)C3)C=C1. The number of carbonyl (C=O) groups is 4. The molecule has 1 saturated carbocycles. The molecule has 0 aliphatic heterocycles. The van der Waals surface area contributed by atoms with Crippen molar-refractivity contribution < 1.29 is 34.1 Å². The van der Waals surface area contributed by atoms with E-state index >= 15 is 0 Å². The third-order valence-electron chi connectivity index (χ3n) is 11.2. The molecule has 5 rings (SSSR count). The topological polar surface area (TPSA) is 121 Å². The first-order valence-electron chi connectivity index (χ1n) is 15.5. The van der Waals surface area contributed by atoms with E-state index in [1.54, 1.807) is 7.11 Å². The van der Waals surface area contributed by atoms with Crippen molar-refractivity contribution in [3.63, 3.8) is 0 Å². The molecule has 0 amide bonds. The fraction of sp³-hybridized carbons (Fsp3) is 0.556. The summed E-state index contributed by atoms with van der Waals surface area (Å²) in [6, 6.07) is 1.85. The second-order valence-electron chi connectivity index (χ2n) is 14.4. The van der Waals surface area contributed by atoms with Crippen molar-refractivity contribution in [2.24, 2.45) is 28.1 Å². The minimum atomic E-state index is -1.30. The molecule has 2 N–H and O–H groups in total. The molecule has 8 heteroatoms. The van der Waals surface area contributed by atoms with E-state index in [2.05, 4.69) is 6.92 Å². The summed E-state index contributed by atoms with van der Waals surface area (Å²) in [6.07, 6.45) is 6.66. The third kappa shape index (κ3) is 4.68. The van der Waals surface area contributed by atoms with Gasteiger partial charge in [-0.2, -0.15) is 0 Å². The van der Waals surface area contributed by atoms with E-state index < -0.39 is 39.8 Å². The van der Waals surface area contributed by atoms with Gasteiger partial charge in [-0.25, -0.2) is 0 Å². The number of phenols is 1. The summed E-state index contributed by atoms with van der Waals surface area (Å²) in [5, 5.41) is 23.8. The molecule has 4 aliphatic rings. The number of phenolic OH excluding ortho intramolecular Hbond substituents is 1. The van der Waals surface area contributed by atoms with Crippen LogP contribution in [0, 0.1) is 28.1 Å². The van der Waals surface area contributed by atoms with Gasteiger partial charge < -0.3 is 19.8 Å². The number of aromatic hydroxyl groups is 1. The van der Waals surface area contributed by atoms with Crippen LogP contribution in [0.15, 0.2) is 41.2 Å². The van der Waals surface area contributed by atoms with Crippen LogP contribution in [0.5, 0.6) is 5.75 Å². The quantitative estimate of drug-likeness (QED) is 0.325. The summed E-state index contributed by atoms with van der Waals surface area (Å²) in [6.45, 7) is 8.95. The molecule has 0 aromatic heterocycles. The Bertz CT molecular complexity index is 1560. The number of ketones is 4. The second kappa shape index (κ2) is 10.8. The zero-order valence-electron chi connectivity index (χ0n) is 27.2. The number of nitrogens with zero attached hydrogens (tertiary/aromatic N) is 1. The number of rotatable bonds is 7. The molecule has 0 heterocycles. The van der Waals surface area contributed by atoms with Crippen molar-refractivity contribution in [1.29, 1.82) is 0 Å². The van der Waals surface area contributed by atoms with Crippen molar-refractivity contribution in [3.8, 4) is 5.75 Å². The van der Waals surface area contributed by atoms with Gasteiger partial charge in [-0.1, -0.05) is 25.5 Å². The fourth-order valence-electron chi connectivity index (χ4n) is 8.90. The number of hydrogen-bond acceptors (Lipinski definition) is 8. The van der Waals surface area contributed by atoms with Crippen LogP contribution in [0.4, 0.5) is 5.69 Å². The minimum Gasteiger partial charge on any atom is -0.507 e. The smallest absolute Gasteiger partial charge is 0.161 e. The molecule has 8 nitrogen and oxygen atoms in total. The zero-order valence-corrected chi connectivity index (χ0v) is 27.2. The number of methoxy groups -OCH3 is 1. The molecule has 236 valence electrons. The van der Waals surface area contributed by atoms with Crippen molar-refractivity contribution in [2.75, 3.05) is 26.1 Å². The molecule has 0 radical (unpaired) electrons. The van der Waals surface area contributed by atoms with Crippen LogP contribution in [0.3, 0.4) is 0 Å². The number of aliphatic hydroxyl groups excluding tert-OH is 1. The van der Waals surface area contributed by atoms with Gasteiger partial charge in [0.1, 0.15) is 35.1 Å². The first-order chi connectivity index (χ1) is 20.5. The Labute approximate surface area is 259 Å². The number of ether oxygens (including phenoxy) is 1. The van der Waals surface area contributed by atoms with E-state index in [9.17, 15) is 29.4 Å². The van der Waals surface area contributed by atoms with E-state index in [0.29, 0.717) is 48.0 Å². The second-order valence-corrected chi connectivity index (χ2v) is 14.4. The highest BCUT2D eigenvalue weighted by atomic mass is 16.5. The van der Waals surface area contributed by atoms with Gasteiger partial charge in [0, 0.05) is 50.2 Å². The van der Waals surface area contributed by atoms with Crippen molar-refractivity contribution in [2.45, 2.75) is 79.2 Å². The Balaban J connectivity index is 1.58. The van der Waals surface area contributed by atoms with Gasteiger partial charge in [0.2, 0.25) is 0 Å². The summed E-state index contributed by atoms with van der Waals surface area (Å²) in [7, 11) is 5.41. The molecule has 1 fully saturated rings. The lowest BCUT2D eigenvalue weighted by atomic mass is 9.41. The summed E-state index contributed by atoms with van der Waals surface area (Å²) in [4.78, 5) is 54.8. The maximum Gasteiger partial charge on any atom is 0.161 e. The van der Waals surface area contributed by atoms with E-state index in [4.69, 9.17) is 4.74 Å². The Morgan fingerprint density at radius 3 is 2.39 bits per heavy atom. The maximum atomic E-state index is 14.0. The van der Waals surface area contributed by atoms with Crippen LogP contribution in [0.25, 0.3) is 0 Å². The monoisotopic (exact) mass is 603 g/mol.